The number of anilines is 1. The van der Waals surface area contributed by atoms with Crippen LogP contribution in [0.5, 0.6) is 5.75 Å². The minimum Gasteiger partial charge on any atom is -0.496 e. The van der Waals surface area contributed by atoms with Gasteiger partial charge in [-0.05, 0) is 58.7 Å². The fraction of sp³-hybridized carbons (Fsp3) is 0.346. The van der Waals surface area contributed by atoms with Crippen molar-refractivity contribution in [3.8, 4) is 16.2 Å². The predicted octanol–water partition coefficient (Wildman–Crippen LogP) is 6.10. The molecule has 8 heteroatoms. The fourth-order valence-electron chi connectivity index (χ4n) is 3.42. The van der Waals surface area contributed by atoms with E-state index in [0.717, 1.165) is 38.7 Å². The number of hydrogen-bond acceptors (Lipinski definition) is 7. The molecule has 0 aliphatic rings. The number of benzene rings is 1. The van der Waals surface area contributed by atoms with Crippen molar-refractivity contribution in [2.24, 2.45) is 0 Å². The lowest BCUT2D eigenvalue weighted by atomic mass is 10.1. The van der Waals surface area contributed by atoms with Crippen LogP contribution in [0.4, 0.5) is 10.5 Å². The smallest absolute Gasteiger partial charge is 0.415 e. The van der Waals surface area contributed by atoms with E-state index in [2.05, 4.69) is 24.0 Å². The topological polar surface area (TPSA) is 85.8 Å². The zero-order valence-electron chi connectivity index (χ0n) is 20.6. The van der Waals surface area contributed by atoms with E-state index in [0.29, 0.717) is 6.54 Å². The summed E-state index contributed by atoms with van der Waals surface area (Å²) in [6.45, 7) is 11.9. The van der Waals surface area contributed by atoms with Crippen molar-refractivity contribution in [3.05, 3.63) is 64.3 Å². The lowest BCUT2D eigenvalue weighted by molar-refractivity contribution is -0.191. The Balaban J connectivity index is 0.00000129. The van der Waals surface area contributed by atoms with Crippen LogP contribution in [-0.4, -0.2) is 29.9 Å². The van der Waals surface area contributed by atoms with Crippen LogP contribution >= 0.6 is 11.3 Å². The first-order valence-corrected chi connectivity index (χ1v) is 11.5. The van der Waals surface area contributed by atoms with Crippen LogP contribution in [0.2, 0.25) is 0 Å². The van der Waals surface area contributed by atoms with E-state index >= 15 is 0 Å². The minimum absolute atomic E-state index is 0.250. The van der Waals surface area contributed by atoms with E-state index in [4.69, 9.17) is 19.1 Å². The molecule has 0 N–H and O–H groups in total. The third-order valence-electron chi connectivity index (χ3n) is 4.98. The second-order valence-electron chi connectivity index (χ2n) is 8.68. The molecule has 0 aliphatic carbocycles. The van der Waals surface area contributed by atoms with Crippen LogP contribution in [0.3, 0.4) is 0 Å². The van der Waals surface area contributed by atoms with Gasteiger partial charge in [0.1, 0.15) is 11.4 Å². The highest BCUT2D eigenvalue weighted by atomic mass is 32.1. The standard InChI is InChI=1S/C25H30N2O3S.CO2/c1-16-10-8-9-11-20(16)22-12-19(15-31-22)27(24(28)30-25(4,5)6)14-21-18(3)23(29-7)17(2)13-26-21;2-1-3/h8-13,15H,14H2,1-7H3;. The maximum absolute atomic E-state index is 13.2. The quantitative estimate of drug-likeness (QED) is 0.437. The lowest BCUT2D eigenvalue weighted by Gasteiger charge is -2.27. The number of ether oxygens (including phenoxy) is 2. The van der Waals surface area contributed by atoms with Gasteiger partial charge in [-0.2, -0.15) is 9.59 Å². The molecular formula is C26H30N2O5S. The molecule has 0 radical (unpaired) electrons. The molecule has 3 aromatic rings. The number of carbonyl (C=O) groups excluding carboxylic acids is 3. The molecule has 2 aromatic heterocycles. The summed E-state index contributed by atoms with van der Waals surface area (Å²) < 4.78 is 11.3. The normalized spacial score (nSPS) is 10.6. The van der Waals surface area contributed by atoms with E-state index in [-0.39, 0.29) is 6.15 Å². The molecule has 0 spiro atoms. The summed E-state index contributed by atoms with van der Waals surface area (Å²) in [4.78, 5) is 36.7. The Morgan fingerprint density at radius 1 is 1.12 bits per heavy atom. The van der Waals surface area contributed by atoms with Gasteiger partial charge in [-0.3, -0.25) is 9.88 Å². The van der Waals surface area contributed by atoms with E-state index in [1.807, 2.05) is 58.2 Å². The first kappa shape index (κ1) is 26.8. The first-order chi connectivity index (χ1) is 16.0. The summed E-state index contributed by atoms with van der Waals surface area (Å²) in [6.07, 6.45) is 1.63. The number of pyridine rings is 1. The van der Waals surface area contributed by atoms with Crippen molar-refractivity contribution < 1.29 is 23.9 Å². The van der Waals surface area contributed by atoms with Gasteiger partial charge in [-0.25, -0.2) is 4.79 Å². The monoisotopic (exact) mass is 482 g/mol. The lowest BCUT2D eigenvalue weighted by Crippen LogP contribution is -2.36. The van der Waals surface area contributed by atoms with Gasteiger partial charge in [-0.15, -0.1) is 11.3 Å². The van der Waals surface area contributed by atoms with Crippen molar-refractivity contribution in [3.63, 3.8) is 0 Å². The highest BCUT2D eigenvalue weighted by Gasteiger charge is 2.26. The van der Waals surface area contributed by atoms with E-state index < -0.39 is 11.7 Å². The first-order valence-electron chi connectivity index (χ1n) is 10.7. The van der Waals surface area contributed by atoms with Crippen LogP contribution in [0.1, 0.15) is 43.2 Å². The Kier molecular flexibility index (Phi) is 9.12. The van der Waals surface area contributed by atoms with Crippen LogP contribution in [-0.2, 0) is 20.9 Å². The Labute approximate surface area is 204 Å². The molecule has 0 saturated carbocycles. The zero-order chi connectivity index (χ0) is 25.5. The van der Waals surface area contributed by atoms with Crippen molar-refractivity contribution >= 4 is 29.3 Å². The molecule has 0 bridgehead atoms. The number of thiophene rings is 1. The van der Waals surface area contributed by atoms with Gasteiger partial charge in [0.25, 0.3) is 0 Å². The highest BCUT2D eigenvalue weighted by molar-refractivity contribution is 7.14. The Morgan fingerprint density at radius 2 is 1.76 bits per heavy atom. The van der Waals surface area contributed by atoms with Crippen molar-refractivity contribution in [2.45, 2.75) is 53.7 Å². The number of nitrogens with zero attached hydrogens (tertiary/aromatic N) is 2. The number of methoxy groups -OCH3 is 1. The second kappa shape index (κ2) is 11.6. The van der Waals surface area contributed by atoms with Gasteiger partial charge in [0.15, 0.2) is 0 Å². The molecule has 2 heterocycles. The molecule has 0 aliphatic heterocycles. The third-order valence-corrected chi connectivity index (χ3v) is 5.93. The SMILES string of the molecule is COc1c(C)cnc(CN(C(=O)OC(C)(C)C)c2csc(-c3ccccc3C)c2)c1C.O=C=O. The molecule has 0 fully saturated rings. The van der Waals surface area contributed by atoms with E-state index in [9.17, 15) is 4.79 Å². The van der Waals surface area contributed by atoms with Crippen LogP contribution < -0.4 is 9.64 Å². The number of aryl methyl sites for hydroxylation is 2. The zero-order valence-corrected chi connectivity index (χ0v) is 21.4. The second-order valence-corrected chi connectivity index (χ2v) is 9.59. The van der Waals surface area contributed by atoms with Crippen LogP contribution in [0.15, 0.2) is 41.9 Å². The Morgan fingerprint density at radius 3 is 2.35 bits per heavy atom. The van der Waals surface area contributed by atoms with Gasteiger partial charge in [0, 0.05) is 27.6 Å². The maximum atomic E-state index is 13.2. The van der Waals surface area contributed by atoms with Crippen molar-refractivity contribution in [1.82, 2.24) is 4.98 Å². The van der Waals surface area contributed by atoms with Crippen molar-refractivity contribution in [1.29, 1.82) is 0 Å². The molecule has 0 atom stereocenters. The summed E-state index contributed by atoms with van der Waals surface area (Å²) >= 11 is 1.61. The highest BCUT2D eigenvalue weighted by Crippen LogP contribution is 2.35. The summed E-state index contributed by atoms with van der Waals surface area (Å²) in [6, 6.07) is 10.3. The van der Waals surface area contributed by atoms with Gasteiger partial charge in [0.05, 0.1) is 25.0 Å². The summed E-state index contributed by atoms with van der Waals surface area (Å²) in [5.41, 5.74) is 5.21. The number of amides is 1. The molecule has 1 aromatic carbocycles. The summed E-state index contributed by atoms with van der Waals surface area (Å²) in [5, 5.41) is 1.99. The van der Waals surface area contributed by atoms with E-state index in [1.165, 1.54) is 5.56 Å². The number of rotatable bonds is 5. The van der Waals surface area contributed by atoms with Gasteiger partial charge in [0.2, 0.25) is 0 Å². The molecule has 180 valence electrons. The van der Waals surface area contributed by atoms with Crippen LogP contribution in [0.25, 0.3) is 10.4 Å². The Hall–Kier alpha value is -3.48. The van der Waals surface area contributed by atoms with Crippen LogP contribution in [0, 0.1) is 20.8 Å². The summed E-state index contributed by atoms with van der Waals surface area (Å²) in [7, 11) is 1.65. The fourth-order valence-corrected chi connectivity index (χ4v) is 4.40. The van der Waals surface area contributed by atoms with Gasteiger partial charge < -0.3 is 9.47 Å². The largest absolute Gasteiger partial charge is 0.496 e. The molecular weight excluding hydrogens is 452 g/mol. The molecule has 0 saturated heterocycles. The number of aromatic nitrogens is 1. The van der Waals surface area contributed by atoms with Gasteiger partial charge in [-0.1, -0.05) is 24.3 Å². The average Bonchev–Trinajstić information content (AvgIpc) is 3.23. The molecule has 0 unspecified atom stereocenters. The third kappa shape index (κ3) is 6.76. The maximum Gasteiger partial charge on any atom is 0.415 e. The molecule has 7 nitrogen and oxygen atoms in total. The van der Waals surface area contributed by atoms with Crippen molar-refractivity contribution in [2.75, 3.05) is 12.0 Å². The van der Waals surface area contributed by atoms with E-state index in [1.54, 1.807) is 29.5 Å². The molecule has 1 amide bonds. The predicted molar refractivity (Wildman–Crippen MR) is 132 cm³/mol. The summed E-state index contributed by atoms with van der Waals surface area (Å²) in [5.74, 6) is 0.792. The number of hydrogen-bond donors (Lipinski definition) is 0. The number of carbonyl (C=O) groups is 1. The molecule has 34 heavy (non-hydrogen) atoms. The average molecular weight is 483 g/mol. The molecule has 3 rings (SSSR count). The van der Waals surface area contributed by atoms with Gasteiger partial charge >= 0.3 is 12.2 Å². The minimum atomic E-state index is -0.600. The Bertz CT molecular complexity index is 1170.